The normalized spacial score (nSPS) is 10.2. The minimum absolute atomic E-state index is 0.283. The molecule has 0 saturated heterocycles. The third-order valence-corrected chi connectivity index (χ3v) is 2.08. The van der Waals surface area contributed by atoms with E-state index in [0.29, 0.717) is 18.8 Å². The van der Waals surface area contributed by atoms with Gasteiger partial charge in [0.25, 0.3) is 5.91 Å². The van der Waals surface area contributed by atoms with E-state index in [2.05, 4.69) is 5.43 Å². The zero-order chi connectivity index (χ0) is 10.6. The first-order chi connectivity index (χ1) is 6.70. The maximum atomic E-state index is 11.3. The lowest BCUT2D eigenvalue weighted by Crippen LogP contribution is -2.32. The molecule has 0 aliphatic rings. The van der Waals surface area contributed by atoms with E-state index in [9.17, 15) is 4.79 Å². The molecule has 78 valence electrons. The van der Waals surface area contributed by atoms with E-state index >= 15 is 0 Å². The van der Waals surface area contributed by atoms with Crippen molar-refractivity contribution in [1.82, 2.24) is 9.99 Å². The monoisotopic (exact) mass is 197 g/mol. The van der Waals surface area contributed by atoms with Gasteiger partial charge >= 0.3 is 0 Å². The van der Waals surface area contributed by atoms with E-state index in [1.165, 1.54) is 0 Å². The highest BCUT2D eigenvalue weighted by Gasteiger charge is 2.11. The Hall–Kier alpha value is -1.33. The van der Waals surface area contributed by atoms with Gasteiger partial charge in [-0.2, -0.15) is 0 Å². The average Bonchev–Trinajstić information content (AvgIpc) is 2.56. The topological polar surface area (TPSA) is 69.3 Å². The largest absolute Gasteiger partial charge is 0.383 e. The molecule has 14 heavy (non-hydrogen) atoms. The van der Waals surface area contributed by atoms with E-state index in [1.54, 1.807) is 13.2 Å². The smallest absolute Gasteiger partial charge is 0.281 e. The Morgan fingerprint density at radius 1 is 1.64 bits per heavy atom. The van der Waals surface area contributed by atoms with E-state index in [4.69, 9.17) is 10.6 Å². The van der Waals surface area contributed by atoms with E-state index < -0.39 is 0 Å². The Balaban J connectivity index is 2.88. The summed E-state index contributed by atoms with van der Waals surface area (Å²) in [5, 5.41) is 0. The summed E-state index contributed by atoms with van der Waals surface area (Å²) < 4.78 is 6.82. The number of nitrogens with zero attached hydrogens (tertiary/aromatic N) is 1. The summed E-state index contributed by atoms with van der Waals surface area (Å²) in [4.78, 5) is 11.3. The average molecular weight is 197 g/mol. The van der Waals surface area contributed by atoms with Crippen LogP contribution in [0.5, 0.6) is 0 Å². The summed E-state index contributed by atoms with van der Waals surface area (Å²) in [5.74, 6) is 4.78. The van der Waals surface area contributed by atoms with Gasteiger partial charge in [0.1, 0.15) is 5.69 Å². The molecule has 0 unspecified atom stereocenters. The molecule has 0 radical (unpaired) electrons. The number of rotatable bonds is 4. The summed E-state index contributed by atoms with van der Waals surface area (Å²) in [6, 6.07) is 3.62. The van der Waals surface area contributed by atoms with Gasteiger partial charge in [0.2, 0.25) is 0 Å². The van der Waals surface area contributed by atoms with Crippen molar-refractivity contribution in [3.63, 3.8) is 0 Å². The molecular weight excluding hydrogens is 182 g/mol. The van der Waals surface area contributed by atoms with Crippen LogP contribution in [0.3, 0.4) is 0 Å². The maximum absolute atomic E-state index is 11.3. The Kier molecular flexibility index (Phi) is 3.67. The predicted octanol–water partition coefficient (Wildman–Crippen LogP) is 0.0464. The second-order valence-electron chi connectivity index (χ2n) is 2.98. The number of ether oxygens (including phenoxy) is 1. The number of amides is 1. The van der Waals surface area contributed by atoms with Crippen molar-refractivity contribution in [2.45, 2.75) is 13.5 Å². The van der Waals surface area contributed by atoms with Gasteiger partial charge in [-0.3, -0.25) is 10.2 Å². The van der Waals surface area contributed by atoms with Crippen LogP contribution in [0.25, 0.3) is 0 Å². The van der Waals surface area contributed by atoms with Gasteiger partial charge in [0.05, 0.1) is 6.61 Å². The van der Waals surface area contributed by atoms with Crippen LogP contribution in [-0.4, -0.2) is 24.2 Å². The van der Waals surface area contributed by atoms with Crippen LogP contribution >= 0.6 is 0 Å². The highest BCUT2D eigenvalue weighted by molar-refractivity contribution is 5.92. The van der Waals surface area contributed by atoms with Gasteiger partial charge in [-0.1, -0.05) is 0 Å². The number of hydrazine groups is 1. The van der Waals surface area contributed by atoms with Gasteiger partial charge in [0, 0.05) is 19.3 Å². The summed E-state index contributed by atoms with van der Waals surface area (Å²) in [6.07, 6.45) is 0. The fourth-order valence-electron chi connectivity index (χ4n) is 1.32. The van der Waals surface area contributed by atoms with Crippen molar-refractivity contribution in [3.8, 4) is 0 Å². The van der Waals surface area contributed by atoms with Crippen molar-refractivity contribution in [1.29, 1.82) is 0 Å². The number of carbonyl (C=O) groups is 1. The minimum Gasteiger partial charge on any atom is -0.383 e. The van der Waals surface area contributed by atoms with E-state index in [-0.39, 0.29) is 5.91 Å². The molecule has 5 heteroatoms. The number of hydrogen-bond donors (Lipinski definition) is 2. The molecule has 3 N–H and O–H groups in total. The molecule has 0 saturated carbocycles. The molecule has 0 spiro atoms. The van der Waals surface area contributed by atoms with Crippen LogP contribution in [0.15, 0.2) is 12.1 Å². The second-order valence-corrected chi connectivity index (χ2v) is 2.98. The molecule has 1 aromatic heterocycles. The number of nitrogens with two attached hydrogens (primary N) is 1. The van der Waals surface area contributed by atoms with E-state index in [1.807, 2.05) is 17.6 Å². The molecule has 0 atom stereocenters. The highest BCUT2D eigenvalue weighted by atomic mass is 16.5. The third-order valence-electron chi connectivity index (χ3n) is 2.08. The van der Waals surface area contributed by atoms with Crippen LogP contribution in [0.4, 0.5) is 0 Å². The van der Waals surface area contributed by atoms with Gasteiger partial charge in [-0.05, 0) is 19.1 Å². The number of aryl methyl sites for hydroxylation is 1. The third kappa shape index (κ3) is 2.12. The molecule has 0 bridgehead atoms. The van der Waals surface area contributed by atoms with Gasteiger partial charge in [-0.25, -0.2) is 5.84 Å². The van der Waals surface area contributed by atoms with Crippen LogP contribution in [0.2, 0.25) is 0 Å². The fraction of sp³-hybridized carbons (Fsp3) is 0.444. The van der Waals surface area contributed by atoms with Gasteiger partial charge in [-0.15, -0.1) is 0 Å². The first kappa shape index (κ1) is 10.7. The molecule has 0 aliphatic heterocycles. The zero-order valence-electron chi connectivity index (χ0n) is 8.41. The standard InChI is InChI=1S/C9H15N3O2/c1-7-3-4-8(9(13)11-10)12(7)5-6-14-2/h3-4H,5-6,10H2,1-2H3,(H,11,13). The molecule has 0 aromatic carbocycles. The first-order valence-electron chi connectivity index (χ1n) is 4.36. The summed E-state index contributed by atoms with van der Waals surface area (Å²) in [5.41, 5.74) is 3.68. The molecule has 1 amide bonds. The number of nitrogens with one attached hydrogen (secondary N) is 1. The summed E-state index contributed by atoms with van der Waals surface area (Å²) >= 11 is 0. The lowest BCUT2D eigenvalue weighted by molar-refractivity contribution is 0.0941. The Morgan fingerprint density at radius 3 is 2.93 bits per heavy atom. The van der Waals surface area contributed by atoms with Crippen molar-refractivity contribution in [2.24, 2.45) is 5.84 Å². The quantitative estimate of drug-likeness (QED) is 0.407. The van der Waals surface area contributed by atoms with Crippen LogP contribution in [0.1, 0.15) is 16.2 Å². The van der Waals surface area contributed by atoms with Crippen LogP contribution in [0, 0.1) is 6.92 Å². The number of aromatic nitrogens is 1. The Labute approximate surface area is 82.8 Å². The fourth-order valence-corrected chi connectivity index (χ4v) is 1.32. The predicted molar refractivity (Wildman–Crippen MR) is 52.7 cm³/mol. The second kappa shape index (κ2) is 4.78. The minimum atomic E-state index is -0.283. The van der Waals surface area contributed by atoms with Crippen molar-refractivity contribution in [3.05, 3.63) is 23.5 Å². The van der Waals surface area contributed by atoms with Crippen molar-refractivity contribution in [2.75, 3.05) is 13.7 Å². The molecule has 1 heterocycles. The maximum Gasteiger partial charge on any atom is 0.281 e. The zero-order valence-corrected chi connectivity index (χ0v) is 8.41. The molecule has 5 nitrogen and oxygen atoms in total. The summed E-state index contributed by atoms with van der Waals surface area (Å²) in [6.45, 7) is 3.15. The van der Waals surface area contributed by atoms with Gasteiger partial charge < -0.3 is 9.30 Å². The number of carbonyl (C=O) groups excluding carboxylic acids is 1. The lowest BCUT2D eigenvalue weighted by Gasteiger charge is -2.09. The van der Waals surface area contributed by atoms with Crippen LogP contribution < -0.4 is 11.3 Å². The first-order valence-corrected chi connectivity index (χ1v) is 4.36. The molecule has 0 fully saturated rings. The van der Waals surface area contributed by atoms with Crippen molar-refractivity contribution >= 4 is 5.91 Å². The van der Waals surface area contributed by atoms with Gasteiger partial charge in [0.15, 0.2) is 0 Å². The lowest BCUT2D eigenvalue weighted by atomic mass is 10.4. The van der Waals surface area contributed by atoms with E-state index in [0.717, 1.165) is 5.69 Å². The number of nitrogen functional groups attached to an aromatic ring is 1. The SMILES string of the molecule is COCCn1c(C)ccc1C(=O)NN. The molecular formula is C9H15N3O2. The molecule has 1 aromatic rings. The Morgan fingerprint density at radius 2 is 2.36 bits per heavy atom. The summed E-state index contributed by atoms with van der Waals surface area (Å²) in [7, 11) is 1.63. The number of methoxy groups -OCH3 is 1. The van der Waals surface area contributed by atoms with Crippen molar-refractivity contribution < 1.29 is 9.53 Å². The molecule has 0 aliphatic carbocycles. The van der Waals surface area contributed by atoms with Crippen LogP contribution in [-0.2, 0) is 11.3 Å². The Bertz CT molecular complexity index is 320. The number of hydrogen-bond acceptors (Lipinski definition) is 3. The molecule has 1 rings (SSSR count). The highest BCUT2D eigenvalue weighted by Crippen LogP contribution is 2.07.